The molecule has 2 aliphatic heterocycles. The molecule has 2 heterocycles. The fourth-order valence-electron chi connectivity index (χ4n) is 3.24. The minimum atomic E-state index is -3.52. The zero-order valence-electron chi connectivity index (χ0n) is 15.0. The van der Waals surface area contributed by atoms with Crippen molar-refractivity contribution in [1.82, 2.24) is 9.21 Å². The van der Waals surface area contributed by atoms with Gasteiger partial charge < -0.3 is 9.47 Å². The van der Waals surface area contributed by atoms with E-state index in [0.717, 1.165) is 6.54 Å². The van der Waals surface area contributed by atoms with E-state index in [1.165, 1.54) is 5.56 Å². The molecule has 0 radical (unpaired) electrons. The molecule has 0 amide bonds. The summed E-state index contributed by atoms with van der Waals surface area (Å²) in [6, 6.07) is 14.9. The number of nitrogens with zero attached hydrogens (tertiary/aromatic N) is 2. The predicted octanol–water partition coefficient (Wildman–Crippen LogP) is 2.44. The lowest BCUT2D eigenvalue weighted by molar-refractivity contribution is 0.174. The lowest BCUT2D eigenvalue weighted by atomic mass is 10.2. The van der Waals surface area contributed by atoms with Crippen molar-refractivity contribution in [2.24, 2.45) is 0 Å². The van der Waals surface area contributed by atoms with Gasteiger partial charge in [-0.1, -0.05) is 42.5 Å². The van der Waals surface area contributed by atoms with Gasteiger partial charge in [-0.3, -0.25) is 4.90 Å². The Balaban J connectivity index is 1.35. The van der Waals surface area contributed by atoms with Gasteiger partial charge in [0.15, 0.2) is 11.5 Å². The van der Waals surface area contributed by atoms with Crippen molar-refractivity contribution in [3.8, 4) is 11.5 Å². The zero-order valence-corrected chi connectivity index (χ0v) is 15.8. The van der Waals surface area contributed by atoms with Crippen molar-refractivity contribution in [3.05, 3.63) is 60.2 Å². The van der Waals surface area contributed by atoms with Crippen LogP contribution in [0.4, 0.5) is 0 Å². The Morgan fingerprint density at radius 1 is 0.926 bits per heavy atom. The monoisotopic (exact) mass is 386 g/mol. The minimum Gasteiger partial charge on any atom is -0.454 e. The average Bonchev–Trinajstić information content (AvgIpc) is 3.17. The van der Waals surface area contributed by atoms with Crippen molar-refractivity contribution < 1.29 is 17.9 Å². The molecule has 0 unspecified atom stereocenters. The van der Waals surface area contributed by atoms with Crippen LogP contribution in [0.3, 0.4) is 0 Å². The Morgan fingerprint density at radius 3 is 2.44 bits per heavy atom. The van der Waals surface area contributed by atoms with Crippen LogP contribution in [0.1, 0.15) is 5.56 Å². The summed E-state index contributed by atoms with van der Waals surface area (Å²) in [5, 5.41) is 0. The molecule has 0 saturated carbocycles. The first-order valence-corrected chi connectivity index (χ1v) is 10.4. The van der Waals surface area contributed by atoms with E-state index in [9.17, 15) is 8.42 Å². The average molecular weight is 386 g/mol. The summed E-state index contributed by atoms with van der Waals surface area (Å²) in [4.78, 5) is 2.51. The topological polar surface area (TPSA) is 59.1 Å². The Morgan fingerprint density at radius 2 is 1.67 bits per heavy atom. The molecule has 142 valence electrons. The Bertz CT molecular complexity index is 920. The van der Waals surface area contributed by atoms with Crippen LogP contribution < -0.4 is 9.47 Å². The zero-order chi connectivity index (χ0) is 18.7. The maximum atomic E-state index is 12.9. The first kappa shape index (κ1) is 18.0. The molecule has 0 aliphatic carbocycles. The predicted molar refractivity (Wildman–Crippen MR) is 103 cm³/mol. The van der Waals surface area contributed by atoms with E-state index >= 15 is 0 Å². The third-order valence-electron chi connectivity index (χ3n) is 4.79. The molecule has 0 atom stereocenters. The lowest BCUT2D eigenvalue weighted by Crippen LogP contribution is -2.48. The van der Waals surface area contributed by atoms with Gasteiger partial charge in [0.25, 0.3) is 0 Å². The Kier molecular flexibility index (Phi) is 5.15. The van der Waals surface area contributed by atoms with Gasteiger partial charge in [0, 0.05) is 38.8 Å². The van der Waals surface area contributed by atoms with Crippen LogP contribution in [0.25, 0.3) is 6.08 Å². The summed E-state index contributed by atoms with van der Waals surface area (Å²) in [7, 11) is -3.52. The molecule has 2 aliphatic rings. The van der Waals surface area contributed by atoms with E-state index in [1.54, 1.807) is 22.5 Å². The van der Waals surface area contributed by atoms with Crippen LogP contribution in [-0.4, -0.2) is 57.1 Å². The lowest BCUT2D eigenvalue weighted by Gasteiger charge is -2.33. The summed E-state index contributed by atoms with van der Waals surface area (Å²) in [5.74, 6) is 1.07. The first-order chi connectivity index (χ1) is 13.1. The van der Waals surface area contributed by atoms with E-state index in [0.29, 0.717) is 37.7 Å². The fraction of sp³-hybridized carbons (Fsp3) is 0.300. The SMILES string of the molecule is O=S(=O)(c1ccc2c(c1)OCO2)N1CCN(C/C=C/c2ccccc2)CC1. The van der Waals surface area contributed by atoms with Crippen molar-refractivity contribution in [1.29, 1.82) is 0 Å². The maximum Gasteiger partial charge on any atom is 0.243 e. The normalized spacial score (nSPS) is 18.2. The highest BCUT2D eigenvalue weighted by atomic mass is 32.2. The first-order valence-electron chi connectivity index (χ1n) is 8.97. The summed E-state index contributed by atoms with van der Waals surface area (Å²) >= 11 is 0. The van der Waals surface area contributed by atoms with E-state index in [4.69, 9.17) is 9.47 Å². The quantitative estimate of drug-likeness (QED) is 0.790. The Hall–Kier alpha value is -2.35. The van der Waals surface area contributed by atoms with E-state index in [1.807, 2.05) is 18.2 Å². The van der Waals surface area contributed by atoms with Gasteiger partial charge in [-0.25, -0.2) is 8.42 Å². The van der Waals surface area contributed by atoms with Gasteiger partial charge in [0.1, 0.15) is 0 Å². The molecule has 6 nitrogen and oxygen atoms in total. The van der Waals surface area contributed by atoms with Crippen LogP contribution >= 0.6 is 0 Å². The standard InChI is InChI=1S/C20H22N2O4S/c23-27(24,18-8-9-19-20(15-18)26-16-25-19)22-13-11-21(12-14-22)10-4-7-17-5-2-1-3-6-17/h1-9,15H,10-14,16H2/b7-4+. The highest BCUT2D eigenvalue weighted by molar-refractivity contribution is 7.89. The molecular weight excluding hydrogens is 364 g/mol. The highest BCUT2D eigenvalue weighted by Gasteiger charge is 2.29. The number of fused-ring (bicyclic) bond motifs is 1. The third kappa shape index (κ3) is 4.00. The van der Waals surface area contributed by atoms with Crippen LogP contribution in [-0.2, 0) is 10.0 Å². The van der Waals surface area contributed by atoms with Crippen LogP contribution in [0, 0.1) is 0 Å². The summed E-state index contributed by atoms with van der Waals surface area (Å²) in [5.41, 5.74) is 1.17. The number of benzene rings is 2. The van der Waals surface area contributed by atoms with Crippen molar-refractivity contribution >= 4 is 16.1 Å². The number of sulfonamides is 1. The summed E-state index contributed by atoms with van der Waals surface area (Å²) < 4.78 is 37.9. The van der Waals surface area contributed by atoms with Gasteiger partial charge in [0.05, 0.1) is 4.90 Å². The molecule has 0 spiro atoms. The minimum absolute atomic E-state index is 0.133. The summed E-state index contributed by atoms with van der Waals surface area (Å²) in [6.07, 6.45) is 4.22. The number of ether oxygens (including phenoxy) is 2. The maximum absolute atomic E-state index is 12.9. The second-order valence-corrected chi connectivity index (χ2v) is 8.47. The molecule has 2 aromatic rings. The van der Waals surface area contributed by atoms with Crippen molar-refractivity contribution in [2.75, 3.05) is 39.5 Å². The van der Waals surface area contributed by atoms with Gasteiger partial charge in [0.2, 0.25) is 16.8 Å². The van der Waals surface area contributed by atoms with E-state index < -0.39 is 10.0 Å². The van der Waals surface area contributed by atoms with Gasteiger partial charge in [-0.15, -0.1) is 0 Å². The molecule has 0 bridgehead atoms. The number of piperazine rings is 1. The fourth-order valence-corrected chi connectivity index (χ4v) is 4.68. The largest absolute Gasteiger partial charge is 0.454 e. The second kappa shape index (κ2) is 7.72. The smallest absolute Gasteiger partial charge is 0.243 e. The van der Waals surface area contributed by atoms with E-state index in [-0.39, 0.29) is 11.7 Å². The number of hydrogen-bond acceptors (Lipinski definition) is 5. The summed E-state index contributed by atoms with van der Waals surface area (Å²) in [6.45, 7) is 3.33. The molecule has 0 N–H and O–H groups in total. The van der Waals surface area contributed by atoms with Crippen molar-refractivity contribution in [2.45, 2.75) is 4.90 Å². The number of rotatable bonds is 5. The molecule has 1 fully saturated rings. The molecule has 1 saturated heterocycles. The van der Waals surface area contributed by atoms with Crippen molar-refractivity contribution in [3.63, 3.8) is 0 Å². The van der Waals surface area contributed by atoms with Crippen LogP contribution in [0.15, 0.2) is 59.5 Å². The Labute approximate surface area is 159 Å². The molecule has 7 heteroatoms. The highest BCUT2D eigenvalue weighted by Crippen LogP contribution is 2.34. The molecule has 4 rings (SSSR count). The van der Waals surface area contributed by atoms with Gasteiger partial charge >= 0.3 is 0 Å². The van der Waals surface area contributed by atoms with Crippen LogP contribution in [0.5, 0.6) is 11.5 Å². The van der Waals surface area contributed by atoms with Gasteiger partial charge in [-0.2, -0.15) is 4.31 Å². The van der Waals surface area contributed by atoms with E-state index in [2.05, 4.69) is 29.2 Å². The number of hydrogen-bond donors (Lipinski definition) is 0. The second-order valence-electron chi connectivity index (χ2n) is 6.53. The molecule has 27 heavy (non-hydrogen) atoms. The molecular formula is C20H22N2O4S. The van der Waals surface area contributed by atoms with Gasteiger partial charge in [-0.05, 0) is 17.7 Å². The third-order valence-corrected chi connectivity index (χ3v) is 6.68. The molecule has 2 aromatic carbocycles. The molecule has 0 aromatic heterocycles. The van der Waals surface area contributed by atoms with Crippen LogP contribution in [0.2, 0.25) is 0 Å².